The second-order valence-corrected chi connectivity index (χ2v) is 5.65. The number of ether oxygens (including phenoxy) is 1. The van der Waals surface area contributed by atoms with E-state index < -0.39 is 10.0 Å². The van der Waals surface area contributed by atoms with Crippen LogP contribution in [0.25, 0.3) is 0 Å². The number of halogens is 1. The highest BCUT2D eigenvalue weighted by molar-refractivity contribution is 7.89. The predicted octanol–water partition coefficient (Wildman–Crippen LogP) is 0.833. The van der Waals surface area contributed by atoms with Crippen LogP contribution in [0.5, 0.6) is 0 Å². The third kappa shape index (κ3) is 5.92. The van der Waals surface area contributed by atoms with Crippen molar-refractivity contribution in [2.24, 2.45) is 0 Å². The first-order valence-corrected chi connectivity index (χ1v) is 7.22. The van der Waals surface area contributed by atoms with Crippen LogP contribution in [0, 0.1) is 13.8 Å². The molecule has 19 heavy (non-hydrogen) atoms. The molecule has 0 aromatic carbocycles. The molecule has 0 radical (unpaired) electrons. The summed E-state index contributed by atoms with van der Waals surface area (Å²) in [6.07, 6.45) is 0. The van der Waals surface area contributed by atoms with Gasteiger partial charge in [0.15, 0.2) is 0 Å². The average Bonchev–Trinajstić information content (AvgIpc) is 2.63. The lowest BCUT2D eigenvalue weighted by molar-refractivity contribution is 0.199. The fourth-order valence-corrected chi connectivity index (χ4v) is 2.79. The molecule has 0 atom stereocenters. The topological polar surface area (TPSA) is 80.6 Å². The SMILES string of the molecule is COCCNCCNS(=O)(=O)c1cc(C)oc1C.Cl. The second-order valence-electron chi connectivity index (χ2n) is 3.92. The van der Waals surface area contributed by atoms with E-state index in [1.807, 2.05) is 0 Å². The van der Waals surface area contributed by atoms with Crippen molar-refractivity contribution < 1.29 is 17.6 Å². The lowest BCUT2D eigenvalue weighted by Crippen LogP contribution is -2.33. The number of hydrogen-bond acceptors (Lipinski definition) is 5. The van der Waals surface area contributed by atoms with Gasteiger partial charge in [-0.3, -0.25) is 0 Å². The van der Waals surface area contributed by atoms with E-state index >= 15 is 0 Å². The molecule has 1 heterocycles. The van der Waals surface area contributed by atoms with Crippen molar-refractivity contribution in [1.29, 1.82) is 0 Å². The van der Waals surface area contributed by atoms with Crippen LogP contribution in [0.3, 0.4) is 0 Å². The maximum Gasteiger partial charge on any atom is 0.244 e. The molecule has 0 fully saturated rings. The third-order valence-electron chi connectivity index (χ3n) is 2.36. The van der Waals surface area contributed by atoms with Gasteiger partial charge < -0.3 is 14.5 Å². The fraction of sp³-hybridized carbons (Fsp3) is 0.636. The summed E-state index contributed by atoms with van der Waals surface area (Å²) in [7, 11) is -1.86. The van der Waals surface area contributed by atoms with Crippen molar-refractivity contribution in [2.45, 2.75) is 18.7 Å². The summed E-state index contributed by atoms with van der Waals surface area (Å²) < 4.78 is 36.5. The monoisotopic (exact) mass is 312 g/mol. The normalized spacial score (nSPS) is 11.3. The van der Waals surface area contributed by atoms with Crippen LogP contribution >= 0.6 is 12.4 Å². The Labute approximate surface area is 120 Å². The molecule has 0 saturated carbocycles. The van der Waals surface area contributed by atoms with Crippen LogP contribution in [-0.2, 0) is 14.8 Å². The van der Waals surface area contributed by atoms with Crippen molar-refractivity contribution >= 4 is 22.4 Å². The average molecular weight is 313 g/mol. The lowest BCUT2D eigenvalue weighted by atomic mass is 10.4. The highest BCUT2D eigenvalue weighted by atomic mass is 35.5. The Morgan fingerprint density at radius 2 is 1.95 bits per heavy atom. The Bertz CT molecular complexity index is 473. The molecule has 0 aliphatic carbocycles. The van der Waals surface area contributed by atoms with Crippen molar-refractivity contribution in [3.63, 3.8) is 0 Å². The Morgan fingerprint density at radius 3 is 2.47 bits per heavy atom. The molecule has 6 nitrogen and oxygen atoms in total. The number of rotatable bonds is 8. The van der Waals surface area contributed by atoms with Crippen molar-refractivity contribution in [1.82, 2.24) is 10.0 Å². The number of aryl methyl sites for hydroxylation is 2. The standard InChI is InChI=1S/C11H20N2O4S.ClH/c1-9-8-11(10(2)17-9)18(14,15)13-5-4-12-6-7-16-3;/h8,12-13H,4-7H2,1-3H3;1H. The first-order chi connectivity index (χ1) is 8.47. The molecule has 2 N–H and O–H groups in total. The van der Waals surface area contributed by atoms with Crippen molar-refractivity contribution in [3.05, 3.63) is 17.6 Å². The van der Waals surface area contributed by atoms with Crippen LogP contribution in [0.2, 0.25) is 0 Å². The van der Waals surface area contributed by atoms with E-state index in [0.717, 1.165) is 0 Å². The van der Waals surface area contributed by atoms with Gasteiger partial charge in [0.2, 0.25) is 10.0 Å². The molecular weight excluding hydrogens is 292 g/mol. The second kappa shape index (κ2) is 8.55. The quantitative estimate of drug-likeness (QED) is 0.695. The zero-order valence-corrected chi connectivity index (χ0v) is 13.0. The third-order valence-corrected chi connectivity index (χ3v) is 3.93. The Hall–Kier alpha value is -0.600. The van der Waals surface area contributed by atoms with Gasteiger partial charge in [-0.15, -0.1) is 12.4 Å². The molecule has 1 aromatic heterocycles. The van der Waals surface area contributed by atoms with Crippen LogP contribution < -0.4 is 10.0 Å². The summed E-state index contributed by atoms with van der Waals surface area (Å²) in [6, 6.07) is 1.52. The Kier molecular flexibility index (Phi) is 8.28. The van der Waals surface area contributed by atoms with Gasteiger partial charge in [-0.2, -0.15) is 0 Å². The molecule has 0 unspecified atom stereocenters. The maximum absolute atomic E-state index is 11.9. The van der Waals surface area contributed by atoms with Crippen LogP contribution in [0.1, 0.15) is 11.5 Å². The van der Waals surface area contributed by atoms with Crippen molar-refractivity contribution in [3.8, 4) is 0 Å². The number of methoxy groups -OCH3 is 1. The van der Waals surface area contributed by atoms with E-state index in [1.54, 1.807) is 21.0 Å². The van der Waals surface area contributed by atoms with E-state index in [0.29, 0.717) is 37.8 Å². The number of furan rings is 1. The first-order valence-electron chi connectivity index (χ1n) is 5.73. The molecule has 1 aromatic rings. The lowest BCUT2D eigenvalue weighted by Gasteiger charge is -2.06. The summed E-state index contributed by atoms with van der Waals surface area (Å²) >= 11 is 0. The minimum atomic E-state index is -3.48. The summed E-state index contributed by atoms with van der Waals surface area (Å²) in [5.41, 5.74) is 0. The van der Waals surface area contributed by atoms with Gasteiger partial charge >= 0.3 is 0 Å². The zero-order chi connectivity index (χ0) is 13.6. The van der Waals surface area contributed by atoms with Gasteiger partial charge in [0.1, 0.15) is 16.4 Å². The molecule has 0 aliphatic rings. The van der Waals surface area contributed by atoms with Gasteiger partial charge in [-0.1, -0.05) is 0 Å². The molecule has 0 spiro atoms. The predicted molar refractivity (Wildman–Crippen MR) is 75.4 cm³/mol. The molecule has 0 saturated heterocycles. The number of sulfonamides is 1. The molecule has 112 valence electrons. The number of nitrogens with one attached hydrogen (secondary N) is 2. The highest BCUT2D eigenvalue weighted by Gasteiger charge is 2.19. The molecule has 1 rings (SSSR count). The van der Waals surface area contributed by atoms with Crippen molar-refractivity contribution in [2.75, 3.05) is 33.4 Å². The van der Waals surface area contributed by atoms with Gasteiger partial charge in [0.25, 0.3) is 0 Å². The van der Waals surface area contributed by atoms with E-state index in [4.69, 9.17) is 9.15 Å². The van der Waals surface area contributed by atoms with Crippen LogP contribution in [0.15, 0.2) is 15.4 Å². The Balaban J connectivity index is 0.00000324. The van der Waals surface area contributed by atoms with Gasteiger partial charge in [-0.25, -0.2) is 13.1 Å². The van der Waals surface area contributed by atoms with E-state index in [-0.39, 0.29) is 17.3 Å². The summed E-state index contributed by atoms with van der Waals surface area (Å²) in [4.78, 5) is 0.205. The van der Waals surface area contributed by atoms with Gasteiger partial charge in [-0.05, 0) is 19.9 Å². The smallest absolute Gasteiger partial charge is 0.244 e. The molecule has 0 bridgehead atoms. The molecule has 0 aliphatic heterocycles. The fourth-order valence-electron chi connectivity index (χ4n) is 1.53. The van der Waals surface area contributed by atoms with E-state index in [2.05, 4.69) is 10.0 Å². The number of hydrogen-bond donors (Lipinski definition) is 2. The zero-order valence-electron chi connectivity index (χ0n) is 11.4. The first kappa shape index (κ1) is 18.4. The van der Waals surface area contributed by atoms with Crippen LogP contribution in [-0.4, -0.2) is 41.8 Å². The molecule has 8 heteroatoms. The van der Waals surface area contributed by atoms with E-state index in [1.165, 1.54) is 6.07 Å². The minimum Gasteiger partial charge on any atom is -0.465 e. The molecule has 0 amide bonds. The summed E-state index contributed by atoms with van der Waals surface area (Å²) in [5.74, 6) is 0.999. The highest BCUT2D eigenvalue weighted by Crippen LogP contribution is 2.18. The van der Waals surface area contributed by atoms with Crippen LogP contribution in [0.4, 0.5) is 0 Å². The maximum atomic E-state index is 11.9. The summed E-state index contributed by atoms with van der Waals surface area (Å²) in [6.45, 7) is 5.54. The Morgan fingerprint density at radius 1 is 1.26 bits per heavy atom. The summed E-state index contributed by atoms with van der Waals surface area (Å²) in [5, 5.41) is 3.05. The van der Waals surface area contributed by atoms with Gasteiger partial charge in [0.05, 0.1) is 6.61 Å². The van der Waals surface area contributed by atoms with Gasteiger partial charge in [0, 0.05) is 26.7 Å². The molecular formula is C11H21ClN2O4S. The largest absolute Gasteiger partial charge is 0.465 e. The minimum absolute atomic E-state index is 0. The van der Waals surface area contributed by atoms with E-state index in [9.17, 15) is 8.42 Å².